The number of unbranched alkanes of at least 4 members (excludes halogenated alkanes) is 39. The molecule has 0 fully saturated rings. The van der Waals surface area contributed by atoms with E-state index in [0.717, 1.165) is 89.9 Å². The van der Waals surface area contributed by atoms with Gasteiger partial charge in [-0.2, -0.15) is 0 Å². The molecule has 0 heterocycles. The van der Waals surface area contributed by atoms with Crippen LogP contribution in [0.2, 0.25) is 0 Å². The van der Waals surface area contributed by atoms with Crippen LogP contribution in [0.5, 0.6) is 0 Å². The van der Waals surface area contributed by atoms with Gasteiger partial charge >= 0.3 is 17.9 Å². The molecule has 6 heteroatoms. The van der Waals surface area contributed by atoms with Gasteiger partial charge in [-0.05, 0) is 64.2 Å². The number of carbonyl (C=O) groups is 3. The van der Waals surface area contributed by atoms with E-state index >= 15 is 0 Å². The Morgan fingerprint density at radius 3 is 0.813 bits per heavy atom. The first-order chi connectivity index (χ1) is 37.0. The summed E-state index contributed by atoms with van der Waals surface area (Å²) >= 11 is 0. The number of rotatable bonds is 60. The lowest BCUT2D eigenvalue weighted by atomic mass is 10.0. The fraction of sp³-hybridized carbons (Fsp3) is 0.812. The fourth-order valence-corrected chi connectivity index (χ4v) is 9.65. The van der Waals surface area contributed by atoms with Gasteiger partial charge in [-0.15, -0.1) is 0 Å². The topological polar surface area (TPSA) is 78.9 Å². The van der Waals surface area contributed by atoms with Gasteiger partial charge in [0.2, 0.25) is 0 Å². The van der Waals surface area contributed by atoms with Crippen molar-refractivity contribution in [2.75, 3.05) is 13.2 Å². The molecule has 0 saturated carbocycles. The van der Waals surface area contributed by atoms with Gasteiger partial charge in [-0.1, -0.05) is 319 Å². The first kappa shape index (κ1) is 72.1. The molecule has 1 atom stereocenters. The van der Waals surface area contributed by atoms with Crippen molar-refractivity contribution in [1.29, 1.82) is 0 Å². The van der Waals surface area contributed by atoms with E-state index in [9.17, 15) is 14.4 Å². The highest BCUT2D eigenvalue weighted by atomic mass is 16.6. The summed E-state index contributed by atoms with van der Waals surface area (Å²) in [5, 5.41) is 0. The average Bonchev–Trinajstić information content (AvgIpc) is 3.41. The first-order valence-corrected chi connectivity index (χ1v) is 32.8. The SMILES string of the molecule is CC/C=C\C/C=C\C/C=C\C/C=C\C/C=C\CCCCCCCCCCCCCCCC(=O)OCC(COC(=O)CCCCCCCCCCCCCCC)OC(=O)CCCCCCCCCCCCCCCCC. The molecule has 6 nitrogen and oxygen atoms in total. The van der Waals surface area contributed by atoms with Crippen LogP contribution in [0, 0.1) is 0 Å². The number of esters is 3. The van der Waals surface area contributed by atoms with Crippen molar-refractivity contribution >= 4 is 17.9 Å². The maximum Gasteiger partial charge on any atom is 0.306 e. The Morgan fingerprint density at radius 2 is 0.520 bits per heavy atom. The van der Waals surface area contributed by atoms with Gasteiger partial charge in [-0.3, -0.25) is 14.4 Å². The number of ether oxygens (including phenoxy) is 3. The van der Waals surface area contributed by atoms with Crippen LogP contribution in [0.3, 0.4) is 0 Å². The second-order valence-electron chi connectivity index (χ2n) is 22.0. The van der Waals surface area contributed by atoms with Crippen molar-refractivity contribution in [2.24, 2.45) is 0 Å². The zero-order chi connectivity index (χ0) is 54.3. The Bertz CT molecular complexity index is 1340. The van der Waals surface area contributed by atoms with Crippen LogP contribution >= 0.6 is 0 Å². The van der Waals surface area contributed by atoms with Crippen molar-refractivity contribution in [1.82, 2.24) is 0 Å². The zero-order valence-electron chi connectivity index (χ0n) is 50.1. The number of hydrogen-bond donors (Lipinski definition) is 0. The Morgan fingerprint density at radius 1 is 0.280 bits per heavy atom. The molecule has 0 aliphatic rings. The molecule has 0 aliphatic carbocycles. The van der Waals surface area contributed by atoms with Crippen LogP contribution in [0.25, 0.3) is 0 Å². The number of carbonyl (C=O) groups excluding carboxylic acids is 3. The minimum atomic E-state index is -0.770. The van der Waals surface area contributed by atoms with Crippen LogP contribution in [0.1, 0.15) is 342 Å². The Balaban J connectivity index is 4.20. The standard InChI is InChI=1S/C69H124O6/c1-4-7-10-13-16-19-22-25-27-28-29-30-31-32-33-34-35-36-37-38-39-40-42-44-47-50-53-56-59-62-68(71)74-65-66(64-73-67(70)61-58-55-52-49-46-43-24-21-18-15-12-9-6-3)75-69(72)63-60-57-54-51-48-45-41-26-23-20-17-14-11-8-5-2/h7,10,16,19,25,27,29-30,32-33,66H,4-6,8-9,11-15,17-18,20-24,26,28,31,34-65H2,1-3H3/b10-7-,19-16-,27-25-,30-29-,33-32-. The Labute approximate surface area is 466 Å². The minimum absolute atomic E-state index is 0.0679. The zero-order valence-corrected chi connectivity index (χ0v) is 50.1. The van der Waals surface area contributed by atoms with Crippen molar-refractivity contribution < 1.29 is 28.6 Å². The first-order valence-electron chi connectivity index (χ1n) is 32.8. The lowest BCUT2D eigenvalue weighted by Gasteiger charge is -2.18. The van der Waals surface area contributed by atoms with E-state index in [2.05, 4.69) is 81.5 Å². The molecule has 0 aromatic carbocycles. The molecule has 0 rings (SSSR count). The quantitative estimate of drug-likeness (QED) is 0.0261. The summed E-state index contributed by atoms with van der Waals surface area (Å²) in [6.07, 6.45) is 80.9. The van der Waals surface area contributed by atoms with Gasteiger partial charge < -0.3 is 14.2 Å². The average molecular weight is 1050 g/mol. The highest BCUT2D eigenvalue weighted by molar-refractivity contribution is 5.71. The molecule has 0 bridgehead atoms. The largest absolute Gasteiger partial charge is 0.462 e. The van der Waals surface area contributed by atoms with E-state index in [1.807, 2.05) is 0 Å². The summed E-state index contributed by atoms with van der Waals surface area (Å²) in [5.41, 5.74) is 0. The highest BCUT2D eigenvalue weighted by Gasteiger charge is 2.19. The summed E-state index contributed by atoms with van der Waals surface area (Å²) < 4.78 is 16.9. The summed E-state index contributed by atoms with van der Waals surface area (Å²) in [5.74, 6) is -0.847. The van der Waals surface area contributed by atoms with Gasteiger partial charge in [0.25, 0.3) is 0 Å². The van der Waals surface area contributed by atoms with Crippen LogP contribution < -0.4 is 0 Å². The predicted molar refractivity (Wildman–Crippen MR) is 325 cm³/mol. The summed E-state index contributed by atoms with van der Waals surface area (Å²) in [7, 11) is 0. The maximum absolute atomic E-state index is 12.9. The summed E-state index contributed by atoms with van der Waals surface area (Å²) in [6, 6.07) is 0. The fourth-order valence-electron chi connectivity index (χ4n) is 9.65. The third-order valence-electron chi connectivity index (χ3n) is 14.5. The smallest absolute Gasteiger partial charge is 0.306 e. The minimum Gasteiger partial charge on any atom is -0.462 e. The van der Waals surface area contributed by atoms with Crippen LogP contribution in [0.15, 0.2) is 60.8 Å². The second kappa shape index (κ2) is 63.6. The van der Waals surface area contributed by atoms with E-state index in [0.29, 0.717) is 19.3 Å². The van der Waals surface area contributed by atoms with Crippen LogP contribution in [-0.2, 0) is 28.6 Å². The molecular formula is C69H124O6. The monoisotopic (exact) mass is 1050 g/mol. The highest BCUT2D eigenvalue weighted by Crippen LogP contribution is 2.18. The predicted octanol–water partition coefficient (Wildman–Crippen LogP) is 22.3. The van der Waals surface area contributed by atoms with E-state index in [4.69, 9.17) is 14.2 Å². The molecule has 0 aliphatic heterocycles. The normalized spacial score (nSPS) is 12.4. The van der Waals surface area contributed by atoms with Crippen molar-refractivity contribution in [2.45, 2.75) is 348 Å². The molecule has 0 radical (unpaired) electrons. The van der Waals surface area contributed by atoms with Gasteiger partial charge in [0.05, 0.1) is 0 Å². The molecule has 436 valence electrons. The Hall–Kier alpha value is -2.89. The molecule has 0 aromatic rings. The van der Waals surface area contributed by atoms with Crippen molar-refractivity contribution in [3.63, 3.8) is 0 Å². The van der Waals surface area contributed by atoms with E-state index in [1.54, 1.807) is 0 Å². The Kier molecular flexibility index (Phi) is 61.2. The van der Waals surface area contributed by atoms with E-state index in [-0.39, 0.29) is 31.1 Å². The van der Waals surface area contributed by atoms with Gasteiger partial charge in [0, 0.05) is 19.3 Å². The molecular weight excluding hydrogens is 925 g/mol. The summed E-state index contributed by atoms with van der Waals surface area (Å²) in [4.78, 5) is 38.3. The lowest BCUT2D eigenvalue weighted by Crippen LogP contribution is -2.30. The van der Waals surface area contributed by atoms with Crippen molar-refractivity contribution in [3.05, 3.63) is 60.8 Å². The van der Waals surface area contributed by atoms with Gasteiger partial charge in [0.15, 0.2) is 6.10 Å². The molecule has 0 N–H and O–H groups in total. The second-order valence-corrected chi connectivity index (χ2v) is 22.0. The lowest BCUT2D eigenvalue weighted by molar-refractivity contribution is -0.167. The van der Waals surface area contributed by atoms with E-state index < -0.39 is 6.10 Å². The number of hydrogen-bond acceptors (Lipinski definition) is 6. The molecule has 0 amide bonds. The summed E-state index contributed by atoms with van der Waals surface area (Å²) in [6.45, 7) is 6.58. The molecule has 0 aromatic heterocycles. The van der Waals surface area contributed by atoms with Crippen LogP contribution in [0.4, 0.5) is 0 Å². The van der Waals surface area contributed by atoms with E-state index in [1.165, 1.54) is 212 Å². The molecule has 75 heavy (non-hydrogen) atoms. The molecule has 1 unspecified atom stereocenters. The van der Waals surface area contributed by atoms with Gasteiger partial charge in [0.1, 0.15) is 13.2 Å². The number of allylic oxidation sites excluding steroid dienone is 10. The maximum atomic E-state index is 12.9. The third kappa shape index (κ3) is 61.8. The van der Waals surface area contributed by atoms with Gasteiger partial charge in [-0.25, -0.2) is 0 Å². The third-order valence-corrected chi connectivity index (χ3v) is 14.5. The molecule has 0 spiro atoms. The molecule has 0 saturated heterocycles. The van der Waals surface area contributed by atoms with Crippen LogP contribution in [-0.4, -0.2) is 37.2 Å². The van der Waals surface area contributed by atoms with Crippen molar-refractivity contribution in [3.8, 4) is 0 Å².